The summed E-state index contributed by atoms with van der Waals surface area (Å²) >= 11 is 1.78. The van der Waals surface area contributed by atoms with Gasteiger partial charge in [-0.15, -0.1) is 45.5 Å². The maximum Gasteiger partial charge on any atom is 0.192 e. The van der Waals surface area contributed by atoms with Crippen molar-refractivity contribution in [1.82, 2.24) is 25.4 Å². The van der Waals surface area contributed by atoms with E-state index < -0.39 is 0 Å². The molecule has 1 fully saturated rings. The minimum atomic E-state index is 0. The van der Waals surface area contributed by atoms with Crippen molar-refractivity contribution in [3.8, 4) is 0 Å². The van der Waals surface area contributed by atoms with Crippen molar-refractivity contribution in [3.63, 3.8) is 0 Å². The molecule has 2 aromatic heterocycles. The van der Waals surface area contributed by atoms with E-state index in [0.717, 1.165) is 24.7 Å². The van der Waals surface area contributed by atoms with Crippen LogP contribution in [0.5, 0.6) is 0 Å². The van der Waals surface area contributed by atoms with Gasteiger partial charge in [-0.25, -0.2) is 0 Å². The van der Waals surface area contributed by atoms with Crippen molar-refractivity contribution >= 4 is 41.3 Å². The van der Waals surface area contributed by atoms with Gasteiger partial charge in [0.05, 0.1) is 12.6 Å². The monoisotopic (exact) mass is 502 g/mol. The highest BCUT2D eigenvalue weighted by molar-refractivity contribution is 14.0. The number of hydrogen-bond acceptors (Lipinski definition) is 4. The Balaban J connectivity index is 0.00000261. The lowest BCUT2D eigenvalue weighted by Crippen LogP contribution is -2.45. The van der Waals surface area contributed by atoms with Crippen LogP contribution in [0.25, 0.3) is 0 Å². The predicted octanol–water partition coefficient (Wildman–Crippen LogP) is 4.15. The number of aromatic nitrogens is 3. The van der Waals surface area contributed by atoms with Crippen molar-refractivity contribution in [2.24, 2.45) is 4.99 Å². The second-order valence-electron chi connectivity index (χ2n) is 6.89. The van der Waals surface area contributed by atoms with E-state index in [1.165, 1.54) is 37.0 Å². The fraction of sp³-hybridized carbons (Fsp3) is 0.632. The molecule has 27 heavy (non-hydrogen) atoms. The number of halogens is 1. The molecule has 1 aliphatic carbocycles. The van der Waals surface area contributed by atoms with Gasteiger partial charge in [0.25, 0.3) is 0 Å². The molecule has 0 amide bonds. The summed E-state index contributed by atoms with van der Waals surface area (Å²) in [5.74, 6) is 1.94. The molecule has 2 aromatic rings. The normalized spacial score (nSPS) is 16.6. The van der Waals surface area contributed by atoms with Crippen LogP contribution >= 0.6 is 35.3 Å². The lowest BCUT2D eigenvalue weighted by molar-refractivity contribution is 0.408. The zero-order valence-electron chi connectivity index (χ0n) is 16.2. The first kappa shape index (κ1) is 22.1. The van der Waals surface area contributed by atoms with Gasteiger partial charge in [0.1, 0.15) is 12.2 Å². The predicted molar refractivity (Wildman–Crippen MR) is 123 cm³/mol. The van der Waals surface area contributed by atoms with Gasteiger partial charge in [-0.05, 0) is 31.2 Å². The number of aryl methyl sites for hydroxylation is 1. The third-order valence-electron chi connectivity index (χ3n) is 4.89. The molecule has 0 saturated heterocycles. The number of nitrogens with zero attached hydrogens (tertiary/aromatic N) is 4. The maximum atomic E-state index is 4.84. The van der Waals surface area contributed by atoms with Crippen molar-refractivity contribution in [2.75, 3.05) is 6.54 Å². The molecule has 2 heterocycles. The summed E-state index contributed by atoms with van der Waals surface area (Å²) in [6, 6.07) is 5.06. The van der Waals surface area contributed by atoms with Crippen molar-refractivity contribution in [2.45, 2.75) is 71.0 Å². The minimum absolute atomic E-state index is 0. The highest BCUT2D eigenvalue weighted by Crippen LogP contribution is 2.19. The zero-order chi connectivity index (χ0) is 18.2. The van der Waals surface area contributed by atoms with Crippen LogP contribution in [0.3, 0.4) is 0 Å². The zero-order valence-corrected chi connectivity index (χ0v) is 19.4. The van der Waals surface area contributed by atoms with Crippen LogP contribution in [-0.4, -0.2) is 33.3 Å². The van der Waals surface area contributed by atoms with Gasteiger partial charge in [-0.1, -0.05) is 32.3 Å². The van der Waals surface area contributed by atoms with Gasteiger partial charge >= 0.3 is 0 Å². The van der Waals surface area contributed by atoms with E-state index in [2.05, 4.69) is 56.8 Å². The lowest BCUT2D eigenvalue weighted by Gasteiger charge is -2.26. The van der Waals surface area contributed by atoms with Gasteiger partial charge in [-0.2, -0.15) is 0 Å². The molecule has 1 unspecified atom stereocenters. The third kappa shape index (κ3) is 6.74. The molecule has 0 radical (unpaired) electrons. The molecular formula is C19H31IN6S. The molecule has 150 valence electrons. The number of rotatable bonds is 7. The van der Waals surface area contributed by atoms with Crippen LogP contribution in [0.2, 0.25) is 0 Å². The molecule has 6 nitrogen and oxygen atoms in total. The Hall–Kier alpha value is -1.16. The molecule has 1 aliphatic rings. The molecule has 1 atom stereocenters. The van der Waals surface area contributed by atoms with Crippen molar-refractivity contribution in [1.29, 1.82) is 0 Å². The molecule has 0 aromatic carbocycles. The van der Waals surface area contributed by atoms with Crippen LogP contribution < -0.4 is 10.6 Å². The number of aliphatic imine (C=N–C) groups is 1. The second-order valence-corrected chi connectivity index (χ2v) is 7.86. The Labute approximate surface area is 183 Å². The summed E-state index contributed by atoms with van der Waals surface area (Å²) in [7, 11) is 0. The SMILES string of the molecule is CCc1nncn1CCN=C(NC1CCCCC1)NC(C)c1cccs1.I. The Morgan fingerprint density at radius 3 is 2.89 bits per heavy atom. The number of nitrogens with one attached hydrogen (secondary N) is 2. The highest BCUT2D eigenvalue weighted by Gasteiger charge is 2.16. The molecule has 2 N–H and O–H groups in total. The summed E-state index contributed by atoms with van der Waals surface area (Å²) in [4.78, 5) is 6.17. The molecule has 0 aliphatic heterocycles. The van der Waals surface area contributed by atoms with E-state index in [1.807, 2.05) is 0 Å². The van der Waals surface area contributed by atoms with Crippen LogP contribution in [0.4, 0.5) is 0 Å². The third-order valence-corrected chi connectivity index (χ3v) is 5.95. The first-order valence-electron chi connectivity index (χ1n) is 9.74. The molecule has 3 rings (SSSR count). The quantitative estimate of drug-likeness (QED) is 0.339. The Kier molecular flexibility index (Phi) is 9.53. The Morgan fingerprint density at radius 2 is 2.19 bits per heavy atom. The van der Waals surface area contributed by atoms with Crippen LogP contribution in [0.15, 0.2) is 28.8 Å². The standard InChI is InChI=1S/C19H30N6S.HI/c1-3-18-24-21-14-25(18)12-11-20-19(23-16-8-5-4-6-9-16)22-15(2)17-10-7-13-26-17;/h7,10,13-16H,3-6,8-9,11-12H2,1-2H3,(H2,20,22,23);1H. The summed E-state index contributed by atoms with van der Waals surface area (Å²) in [6.45, 7) is 5.81. The summed E-state index contributed by atoms with van der Waals surface area (Å²) < 4.78 is 2.09. The van der Waals surface area contributed by atoms with Crippen molar-refractivity contribution < 1.29 is 0 Å². The summed E-state index contributed by atoms with van der Waals surface area (Å²) in [5.41, 5.74) is 0. The van der Waals surface area contributed by atoms with Gasteiger partial charge in [0.15, 0.2) is 5.96 Å². The average molecular weight is 502 g/mol. The summed E-state index contributed by atoms with van der Waals surface area (Å²) in [6.07, 6.45) is 9.14. The molecule has 0 spiro atoms. The highest BCUT2D eigenvalue weighted by atomic mass is 127. The van der Waals surface area contributed by atoms with Gasteiger partial charge in [0, 0.05) is 23.9 Å². The van der Waals surface area contributed by atoms with Gasteiger partial charge < -0.3 is 15.2 Å². The number of hydrogen-bond donors (Lipinski definition) is 2. The Bertz CT molecular complexity index is 678. The van der Waals surface area contributed by atoms with Crippen LogP contribution in [0.1, 0.15) is 62.7 Å². The van der Waals surface area contributed by atoms with Crippen LogP contribution in [0, 0.1) is 0 Å². The molecule has 1 saturated carbocycles. The number of guanidine groups is 1. The van der Waals surface area contributed by atoms with E-state index in [4.69, 9.17) is 4.99 Å². The maximum absolute atomic E-state index is 4.84. The van der Waals surface area contributed by atoms with Crippen molar-refractivity contribution in [3.05, 3.63) is 34.5 Å². The fourth-order valence-corrected chi connectivity index (χ4v) is 4.13. The average Bonchev–Trinajstić information content (AvgIpc) is 3.34. The first-order valence-corrected chi connectivity index (χ1v) is 10.6. The molecule has 0 bridgehead atoms. The smallest absolute Gasteiger partial charge is 0.192 e. The summed E-state index contributed by atoms with van der Waals surface area (Å²) in [5, 5.41) is 17.5. The van der Waals surface area contributed by atoms with E-state index >= 15 is 0 Å². The minimum Gasteiger partial charge on any atom is -0.354 e. The molecular weight excluding hydrogens is 471 g/mol. The van der Waals surface area contributed by atoms with Gasteiger partial charge in [-0.3, -0.25) is 4.99 Å². The van der Waals surface area contributed by atoms with Gasteiger partial charge in [0.2, 0.25) is 0 Å². The van der Waals surface area contributed by atoms with E-state index in [9.17, 15) is 0 Å². The van der Waals surface area contributed by atoms with E-state index in [-0.39, 0.29) is 30.0 Å². The topological polar surface area (TPSA) is 67.1 Å². The van der Waals surface area contributed by atoms with E-state index in [1.54, 1.807) is 17.7 Å². The van der Waals surface area contributed by atoms with Crippen LogP contribution in [-0.2, 0) is 13.0 Å². The van der Waals surface area contributed by atoms with E-state index in [0.29, 0.717) is 12.6 Å². The Morgan fingerprint density at radius 1 is 1.37 bits per heavy atom. The largest absolute Gasteiger partial charge is 0.354 e. The molecule has 8 heteroatoms. The number of thiophene rings is 1. The first-order chi connectivity index (χ1) is 12.8. The second kappa shape index (κ2) is 11.6. The fourth-order valence-electron chi connectivity index (χ4n) is 3.40. The lowest BCUT2D eigenvalue weighted by atomic mass is 9.96.